The minimum Gasteiger partial charge on any atom is -0.497 e. The van der Waals surface area contributed by atoms with Crippen LogP contribution >= 0.6 is 0 Å². The van der Waals surface area contributed by atoms with Crippen molar-refractivity contribution in [1.82, 2.24) is 20.2 Å². The molecular formula is C22H23N5O. The highest BCUT2D eigenvalue weighted by Crippen LogP contribution is 2.33. The van der Waals surface area contributed by atoms with E-state index in [1.54, 1.807) is 7.11 Å². The third-order valence-corrected chi connectivity index (χ3v) is 5.71. The number of hydrogen-bond acceptors (Lipinski definition) is 4. The Labute approximate surface area is 163 Å². The van der Waals surface area contributed by atoms with Gasteiger partial charge in [0.15, 0.2) is 0 Å². The molecule has 28 heavy (non-hydrogen) atoms. The molecule has 1 aliphatic rings. The van der Waals surface area contributed by atoms with E-state index in [1.165, 1.54) is 11.4 Å². The van der Waals surface area contributed by atoms with Crippen LogP contribution in [0.2, 0.25) is 0 Å². The number of nitrogens with one attached hydrogen (secondary N) is 2. The van der Waals surface area contributed by atoms with Gasteiger partial charge in [-0.15, -0.1) is 0 Å². The van der Waals surface area contributed by atoms with Crippen LogP contribution in [0.4, 0.5) is 5.69 Å². The maximum Gasteiger partial charge on any atom is 0.137 e. The van der Waals surface area contributed by atoms with E-state index >= 15 is 0 Å². The molecule has 2 N–H and O–H groups in total. The van der Waals surface area contributed by atoms with Crippen molar-refractivity contribution in [3.63, 3.8) is 0 Å². The molecule has 6 nitrogen and oxygen atoms in total. The van der Waals surface area contributed by atoms with Gasteiger partial charge in [0.25, 0.3) is 0 Å². The number of nitrogens with zero attached hydrogens (tertiary/aromatic N) is 3. The molecule has 0 spiro atoms. The van der Waals surface area contributed by atoms with Gasteiger partial charge >= 0.3 is 0 Å². The first-order valence-corrected chi connectivity index (χ1v) is 9.68. The molecule has 4 heterocycles. The molecule has 0 amide bonds. The lowest BCUT2D eigenvalue weighted by molar-refractivity contribution is 0.414. The van der Waals surface area contributed by atoms with Crippen LogP contribution in [0.5, 0.6) is 5.75 Å². The number of ether oxygens (including phenoxy) is 1. The molecule has 4 aromatic rings. The molecule has 0 radical (unpaired) electrons. The number of methoxy groups -OCH3 is 1. The molecule has 0 bridgehead atoms. The molecular weight excluding hydrogens is 350 g/mol. The lowest BCUT2D eigenvalue weighted by Crippen LogP contribution is -2.32. The average molecular weight is 373 g/mol. The number of H-pyrrole nitrogens is 2. The number of aromatic nitrogens is 4. The fourth-order valence-electron chi connectivity index (χ4n) is 4.11. The van der Waals surface area contributed by atoms with E-state index in [2.05, 4.69) is 49.3 Å². The Balaban J connectivity index is 1.30. The molecule has 1 fully saturated rings. The smallest absolute Gasteiger partial charge is 0.137 e. The summed E-state index contributed by atoms with van der Waals surface area (Å²) in [6, 6.07) is 14.6. The molecule has 1 aromatic carbocycles. The van der Waals surface area contributed by atoms with Crippen molar-refractivity contribution < 1.29 is 4.74 Å². The lowest BCUT2D eigenvalue weighted by Gasteiger charge is -2.33. The van der Waals surface area contributed by atoms with E-state index in [0.29, 0.717) is 5.92 Å². The maximum atomic E-state index is 5.26. The molecule has 0 aliphatic carbocycles. The van der Waals surface area contributed by atoms with Crippen LogP contribution in [-0.2, 0) is 0 Å². The van der Waals surface area contributed by atoms with Crippen LogP contribution < -0.4 is 9.64 Å². The second kappa shape index (κ2) is 7.03. The van der Waals surface area contributed by atoms with Crippen molar-refractivity contribution in [2.75, 3.05) is 25.1 Å². The predicted molar refractivity (Wildman–Crippen MR) is 111 cm³/mol. The van der Waals surface area contributed by atoms with Crippen LogP contribution in [0, 0.1) is 0 Å². The predicted octanol–water partition coefficient (Wildman–Crippen LogP) is 4.35. The Hall–Kier alpha value is -3.28. The Morgan fingerprint density at radius 3 is 2.68 bits per heavy atom. The van der Waals surface area contributed by atoms with E-state index < -0.39 is 0 Å². The molecule has 0 unspecified atom stereocenters. The largest absolute Gasteiger partial charge is 0.497 e. The number of aromatic amines is 2. The van der Waals surface area contributed by atoms with E-state index in [1.807, 2.05) is 30.6 Å². The van der Waals surface area contributed by atoms with E-state index in [-0.39, 0.29) is 0 Å². The zero-order valence-corrected chi connectivity index (χ0v) is 15.9. The quantitative estimate of drug-likeness (QED) is 0.558. The number of rotatable bonds is 4. The minimum absolute atomic E-state index is 0.513. The van der Waals surface area contributed by atoms with Crippen molar-refractivity contribution in [3.8, 4) is 17.0 Å². The Morgan fingerprint density at radius 2 is 1.89 bits per heavy atom. The van der Waals surface area contributed by atoms with E-state index in [0.717, 1.165) is 54.0 Å². The van der Waals surface area contributed by atoms with Crippen molar-refractivity contribution in [3.05, 3.63) is 60.6 Å². The van der Waals surface area contributed by atoms with Crippen molar-refractivity contribution in [1.29, 1.82) is 0 Å². The standard InChI is InChI=1S/C22H23N5O/c1-28-17-4-2-16(3-5-17)27-12-8-15(9-13-27)20-14-21(26-25-20)18-6-10-23-22-19(18)7-11-24-22/h2-7,10-11,14-15H,8-9,12-13H2,1H3,(H,23,24)(H,25,26). The number of hydrogen-bond donors (Lipinski definition) is 2. The van der Waals surface area contributed by atoms with Gasteiger partial charge in [0.2, 0.25) is 0 Å². The third-order valence-electron chi connectivity index (χ3n) is 5.71. The fraction of sp³-hybridized carbons (Fsp3) is 0.273. The highest BCUT2D eigenvalue weighted by atomic mass is 16.5. The summed E-state index contributed by atoms with van der Waals surface area (Å²) in [6.07, 6.45) is 5.98. The highest BCUT2D eigenvalue weighted by molar-refractivity contribution is 5.91. The summed E-state index contributed by atoms with van der Waals surface area (Å²) in [5.41, 5.74) is 5.49. The molecule has 0 atom stereocenters. The first-order valence-electron chi connectivity index (χ1n) is 9.68. The molecule has 1 aliphatic heterocycles. The van der Waals surface area contributed by atoms with Gasteiger partial charge in [-0.05, 0) is 55.3 Å². The third kappa shape index (κ3) is 3.01. The summed E-state index contributed by atoms with van der Waals surface area (Å²) in [7, 11) is 1.70. The van der Waals surface area contributed by atoms with Gasteiger partial charge in [0, 0.05) is 53.7 Å². The Morgan fingerprint density at radius 1 is 1.07 bits per heavy atom. The van der Waals surface area contributed by atoms with Crippen LogP contribution in [0.1, 0.15) is 24.5 Å². The van der Waals surface area contributed by atoms with Gasteiger partial charge < -0.3 is 14.6 Å². The summed E-state index contributed by atoms with van der Waals surface area (Å²) in [5, 5.41) is 8.98. The average Bonchev–Trinajstić information content (AvgIpc) is 3.43. The van der Waals surface area contributed by atoms with Gasteiger partial charge in [-0.3, -0.25) is 5.10 Å². The van der Waals surface area contributed by atoms with E-state index in [4.69, 9.17) is 4.74 Å². The van der Waals surface area contributed by atoms with Crippen molar-refractivity contribution in [2.45, 2.75) is 18.8 Å². The maximum absolute atomic E-state index is 5.26. The summed E-state index contributed by atoms with van der Waals surface area (Å²) >= 11 is 0. The second-order valence-electron chi connectivity index (χ2n) is 7.27. The van der Waals surface area contributed by atoms with Gasteiger partial charge in [0.05, 0.1) is 12.8 Å². The van der Waals surface area contributed by atoms with Crippen LogP contribution in [0.25, 0.3) is 22.3 Å². The molecule has 3 aromatic heterocycles. The van der Waals surface area contributed by atoms with Crippen LogP contribution in [0.15, 0.2) is 54.9 Å². The molecule has 1 saturated heterocycles. The first kappa shape index (κ1) is 16.9. The van der Waals surface area contributed by atoms with Gasteiger partial charge in [0.1, 0.15) is 11.4 Å². The minimum atomic E-state index is 0.513. The molecule has 0 saturated carbocycles. The first-order chi connectivity index (χ1) is 13.8. The number of benzene rings is 1. The summed E-state index contributed by atoms with van der Waals surface area (Å²) < 4.78 is 5.26. The Kier molecular flexibility index (Phi) is 4.24. The molecule has 142 valence electrons. The lowest BCUT2D eigenvalue weighted by atomic mass is 9.92. The topological polar surface area (TPSA) is 69.8 Å². The zero-order valence-electron chi connectivity index (χ0n) is 15.9. The highest BCUT2D eigenvalue weighted by Gasteiger charge is 2.23. The Bertz CT molecular complexity index is 1070. The van der Waals surface area contributed by atoms with Crippen LogP contribution in [-0.4, -0.2) is 40.4 Å². The number of fused-ring (bicyclic) bond motifs is 1. The zero-order chi connectivity index (χ0) is 18.9. The fourth-order valence-corrected chi connectivity index (χ4v) is 4.11. The number of pyridine rings is 1. The molecule has 5 rings (SSSR count). The number of piperidine rings is 1. The second-order valence-corrected chi connectivity index (χ2v) is 7.27. The van der Waals surface area contributed by atoms with Crippen LogP contribution in [0.3, 0.4) is 0 Å². The van der Waals surface area contributed by atoms with Crippen molar-refractivity contribution in [2.24, 2.45) is 0 Å². The summed E-state index contributed by atoms with van der Waals surface area (Å²) in [6.45, 7) is 2.09. The van der Waals surface area contributed by atoms with Crippen molar-refractivity contribution >= 4 is 16.7 Å². The summed E-state index contributed by atoms with van der Waals surface area (Å²) in [4.78, 5) is 9.97. The molecule has 6 heteroatoms. The van der Waals surface area contributed by atoms with E-state index in [9.17, 15) is 0 Å². The van der Waals surface area contributed by atoms with Gasteiger partial charge in [-0.1, -0.05) is 0 Å². The van der Waals surface area contributed by atoms with Gasteiger partial charge in [-0.2, -0.15) is 5.10 Å². The number of anilines is 1. The van der Waals surface area contributed by atoms with Gasteiger partial charge in [-0.25, -0.2) is 4.98 Å². The SMILES string of the molecule is COc1ccc(N2CCC(c3cc(-c4ccnc5[nH]ccc45)n[nH]3)CC2)cc1. The summed E-state index contributed by atoms with van der Waals surface area (Å²) in [5.74, 6) is 1.41. The monoisotopic (exact) mass is 373 g/mol. The normalized spacial score (nSPS) is 15.2.